The Balaban J connectivity index is 1.86. The number of nitrogens with one attached hydrogen (secondary N) is 1. The van der Waals surface area contributed by atoms with Gasteiger partial charge in [0.25, 0.3) is 0 Å². The van der Waals surface area contributed by atoms with Crippen molar-refractivity contribution in [3.8, 4) is 0 Å². The minimum atomic E-state index is 0.325. The summed E-state index contributed by atoms with van der Waals surface area (Å²) in [6.45, 7) is 2.19. The molecule has 3 nitrogen and oxygen atoms in total. The Hall–Kier alpha value is -0.780. The van der Waals surface area contributed by atoms with Crippen LogP contribution in [0.1, 0.15) is 41.3 Å². The van der Waals surface area contributed by atoms with Crippen LogP contribution in [0.3, 0.4) is 0 Å². The lowest BCUT2D eigenvalue weighted by Gasteiger charge is -2.31. The average Bonchev–Trinajstić information content (AvgIpc) is 2.72. The van der Waals surface area contributed by atoms with Gasteiger partial charge in [-0.3, -0.25) is 9.97 Å². The predicted octanol–water partition coefficient (Wildman–Crippen LogP) is 4.23. The normalized spacial score (nSPS) is 19.0. The highest BCUT2D eigenvalue weighted by Gasteiger charge is 2.33. The molecule has 2 aliphatic rings. The van der Waals surface area contributed by atoms with E-state index < -0.39 is 0 Å². The van der Waals surface area contributed by atoms with E-state index in [1.165, 1.54) is 35.4 Å². The van der Waals surface area contributed by atoms with Crippen LogP contribution in [-0.2, 0) is 12.8 Å². The van der Waals surface area contributed by atoms with Crippen LogP contribution < -0.4 is 5.32 Å². The molecule has 5 heteroatoms. The van der Waals surface area contributed by atoms with Crippen molar-refractivity contribution in [1.29, 1.82) is 0 Å². The van der Waals surface area contributed by atoms with E-state index in [0.29, 0.717) is 11.8 Å². The summed E-state index contributed by atoms with van der Waals surface area (Å²) in [5, 5.41) is 3.48. The maximum Gasteiger partial charge on any atom is 0.0529 e. The Morgan fingerprint density at radius 3 is 1.91 bits per heavy atom. The maximum atomic E-state index is 4.84. The number of piperidine rings is 1. The quantitative estimate of drug-likeness (QED) is 0.726. The summed E-state index contributed by atoms with van der Waals surface area (Å²) < 4.78 is 2.14. The first kappa shape index (κ1) is 15.7. The lowest BCUT2D eigenvalue weighted by molar-refractivity contribution is 0.335. The van der Waals surface area contributed by atoms with E-state index >= 15 is 0 Å². The SMILES string of the molecule is Brc1cnc2c(c1)CCc1cc(Br)cnc1C2C1CCNCC1. The van der Waals surface area contributed by atoms with Gasteiger partial charge in [0.1, 0.15) is 0 Å². The number of hydrogen-bond donors (Lipinski definition) is 1. The van der Waals surface area contributed by atoms with Gasteiger partial charge in [0.05, 0.1) is 11.4 Å². The van der Waals surface area contributed by atoms with Gasteiger partial charge in [-0.1, -0.05) is 0 Å². The Kier molecular flexibility index (Phi) is 4.52. The van der Waals surface area contributed by atoms with E-state index in [1.54, 1.807) is 0 Å². The highest BCUT2D eigenvalue weighted by molar-refractivity contribution is 9.10. The van der Waals surface area contributed by atoms with Crippen LogP contribution in [0.15, 0.2) is 33.5 Å². The van der Waals surface area contributed by atoms with Crippen LogP contribution in [0.25, 0.3) is 0 Å². The monoisotopic (exact) mass is 435 g/mol. The third kappa shape index (κ3) is 3.11. The van der Waals surface area contributed by atoms with Crippen LogP contribution in [0, 0.1) is 5.92 Å². The zero-order chi connectivity index (χ0) is 15.8. The van der Waals surface area contributed by atoms with E-state index in [1.807, 2.05) is 12.4 Å². The molecule has 0 bridgehead atoms. The van der Waals surface area contributed by atoms with E-state index in [4.69, 9.17) is 9.97 Å². The molecule has 1 aliphatic carbocycles. The van der Waals surface area contributed by atoms with E-state index in [0.717, 1.165) is 34.9 Å². The first-order valence-corrected chi connectivity index (χ1v) is 9.80. The first-order valence-electron chi connectivity index (χ1n) is 8.22. The molecule has 0 amide bonds. The smallest absolute Gasteiger partial charge is 0.0529 e. The second-order valence-electron chi connectivity index (χ2n) is 6.46. The molecule has 120 valence electrons. The van der Waals surface area contributed by atoms with Crippen LogP contribution in [0.5, 0.6) is 0 Å². The molecule has 1 N–H and O–H groups in total. The standard InChI is InChI=1S/C18H19Br2N3/c19-14-7-12-1-2-13-8-15(20)10-23-18(13)16(17(12)22-9-14)11-3-5-21-6-4-11/h7-11,16,21H,1-6H2. The molecule has 3 heterocycles. The van der Waals surface area contributed by atoms with Gasteiger partial charge in [0.15, 0.2) is 0 Å². The fraction of sp³-hybridized carbons (Fsp3) is 0.444. The second kappa shape index (κ2) is 6.61. The fourth-order valence-corrected chi connectivity index (χ4v) is 4.72. The fourth-order valence-electron chi connectivity index (χ4n) is 3.97. The maximum absolute atomic E-state index is 4.84. The zero-order valence-electron chi connectivity index (χ0n) is 12.9. The molecular formula is C18H19Br2N3. The van der Waals surface area contributed by atoms with Crippen LogP contribution in [0.2, 0.25) is 0 Å². The number of nitrogens with zero attached hydrogens (tertiary/aromatic N) is 2. The number of pyridine rings is 2. The molecule has 4 rings (SSSR count). The van der Waals surface area contributed by atoms with Crippen molar-refractivity contribution in [1.82, 2.24) is 15.3 Å². The molecule has 2 aromatic heterocycles. The minimum Gasteiger partial charge on any atom is -0.317 e. The number of halogens is 2. The predicted molar refractivity (Wildman–Crippen MR) is 98.7 cm³/mol. The summed E-state index contributed by atoms with van der Waals surface area (Å²) in [5.74, 6) is 0.944. The van der Waals surface area contributed by atoms with Crippen molar-refractivity contribution in [2.45, 2.75) is 31.6 Å². The van der Waals surface area contributed by atoms with Gasteiger partial charge in [0, 0.05) is 27.3 Å². The number of aromatic nitrogens is 2. The molecule has 0 unspecified atom stereocenters. The van der Waals surface area contributed by atoms with Gasteiger partial charge in [0.2, 0.25) is 0 Å². The minimum absolute atomic E-state index is 0.325. The largest absolute Gasteiger partial charge is 0.317 e. The van der Waals surface area contributed by atoms with Gasteiger partial charge in [-0.25, -0.2) is 0 Å². The average molecular weight is 437 g/mol. The van der Waals surface area contributed by atoms with Crippen molar-refractivity contribution in [3.63, 3.8) is 0 Å². The van der Waals surface area contributed by atoms with E-state index in [9.17, 15) is 0 Å². The molecular weight excluding hydrogens is 418 g/mol. The number of hydrogen-bond acceptors (Lipinski definition) is 3. The van der Waals surface area contributed by atoms with Crippen molar-refractivity contribution in [3.05, 3.63) is 56.0 Å². The van der Waals surface area contributed by atoms with Gasteiger partial charge in [-0.05, 0) is 99.8 Å². The Labute approximate surface area is 153 Å². The molecule has 1 aliphatic heterocycles. The van der Waals surface area contributed by atoms with Gasteiger partial charge >= 0.3 is 0 Å². The van der Waals surface area contributed by atoms with Crippen molar-refractivity contribution < 1.29 is 0 Å². The zero-order valence-corrected chi connectivity index (χ0v) is 16.0. The van der Waals surface area contributed by atoms with Crippen molar-refractivity contribution in [2.75, 3.05) is 13.1 Å². The summed E-state index contributed by atoms with van der Waals surface area (Å²) in [7, 11) is 0. The Morgan fingerprint density at radius 1 is 0.870 bits per heavy atom. The van der Waals surface area contributed by atoms with Gasteiger partial charge in [-0.15, -0.1) is 0 Å². The third-order valence-corrected chi connectivity index (χ3v) is 5.91. The second-order valence-corrected chi connectivity index (χ2v) is 8.29. The lowest BCUT2D eigenvalue weighted by Crippen LogP contribution is -2.32. The molecule has 0 radical (unpaired) electrons. The summed E-state index contributed by atoms with van der Waals surface area (Å²) in [4.78, 5) is 9.68. The van der Waals surface area contributed by atoms with Gasteiger partial charge in [-0.2, -0.15) is 0 Å². The van der Waals surface area contributed by atoms with E-state index in [2.05, 4.69) is 49.3 Å². The molecule has 0 aromatic carbocycles. The molecule has 23 heavy (non-hydrogen) atoms. The number of rotatable bonds is 1. The Bertz CT molecular complexity index is 673. The highest BCUT2D eigenvalue weighted by atomic mass is 79.9. The van der Waals surface area contributed by atoms with Crippen LogP contribution in [-0.4, -0.2) is 23.1 Å². The first-order chi connectivity index (χ1) is 11.2. The summed E-state index contributed by atoms with van der Waals surface area (Å²) in [6.07, 6.45) is 8.34. The van der Waals surface area contributed by atoms with Crippen molar-refractivity contribution >= 4 is 31.9 Å². The molecule has 2 aromatic rings. The third-order valence-electron chi connectivity index (χ3n) is 5.04. The molecule has 0 spiro atoms. The summed E-state index contributed by atoms with van der Waals surface area (Å²) >= 11 is 7.17. The van der Waals surface area contributed by atoms with Crippen LogP contribution in [0.4, 0.5) is 0 Å². The highest BCUT2D eigenvalue weighted by Crippen LogP contribution is 2.41. The molecule has 0 atom stereocenters. The number of aryl methyl sites for hydroxylation is 2. The topological polar surface area (TPSA) is 37.8 Å². The van der Waals surface area contributed by atoms with Crippen molar-refractivity contribution in [2.24, 2.45) is 5.92 Å². The van der Waals surface area contributed by atoms with Gasteiger partial charge < -0.3 is 5.32 Å². The molecule has 1 fully saturated rings. The molecule has 0 saturated carbocycles. The number of fused-ring (bicyclic) bond motifs is 2. The lowest BCUT2D eigenvalue weighted by atomic mass is 9.79. The van der Waals surface area contributed by atoms with E-state index in [-0.39, 0.29) is 0 Å². The summed E-state index contributed by atoms with van der Waals surface area (Å²) in [5.41, 5.74) is 5.23. The van der Waals surface area contributed by atoms with Crippen LogP contribution >= 0.6 is 31.9 Å². The Morgan fingerprint density at radius 2 is 1.39 bits per heavy atom. The molecule has 1 saturated heterocycles. The summed E-state index contributed by atoms with van der Waals surface area (Å²) in [6, 6.07) is 4.49.